The maximum Gasteiger partial charge on any atom is 0.307 e. The molecule has 3 N–H and O–H groups in total. The Morgan fingerprint density at radius 2 is 2.11 bits per heavy atom. The van der Waals surface area contributed by atoms with Crippen molar-refractivity contribution in [2.75, 3.05) is 5.32 Å². The van der Waals surface area contributed by atoms with Gasteiger partial charge in [-0.2, -0.15) is 5.10 Å². The summed E-state index contributed by atoms with van der Waals surface area (Å²) in [7, 11) is 0. The minimum absolute atomic E-state index is 0.137. The summed E-state index contributed by atoms with van der Waals surface area (Å²) in [5.74, 6) is -1.28. The van der Waals surface area contributed by atoms with Gasteiger partial charge in [0.25, 0.3) is 5.91 Å². The molecule has 0 saturated carbocycles. The van der Waals surface area contributed by atoms with Crippen LogP contribution in [0.15, 0.2) is 36.7 Å². The fourth-order valence-corrected chi connectivity index (χ4v) is 1.53. The number of carboxylic acid groups (broad SMARTS) is 1. The zero-order valence-corrected chi connectivity index (χ0v) is 9.38. The molecule has 1 aromatic carbocycles. The minimum Gasteiger partial charge on any atom is -0.481 e. The first-order valence-electron chi connectivity index (χ1n) is 5.26. The van der Waals surface area contributed by atoms with Crippen LogP contribution >= 0.6 is 0 Å². The summed E-state index contributed by atoms with van der Waals surface area (Å²) in [6.45, 7) is 0. The third kappa shape index (κ3) is 2.73. The van der Waals surface area contributed by atoms with E-state index in [9.17, 15) is 9.59 Å². The van der Waals surface area contributed by atoms with E-state index in [1.54, 1.807) is 24.3 Å². The van der Waals surface area contributed by atoms with Crippen LogP contribution in [0.1, 0.15) is 15.9 Å². The number of para-hydroxylation sites is 1. The van der Waals surface area contributed by atoms with Crippen molar-refractivity contribution >= 4 is 17.6 Å². The van der Waals surface area contributed by atoms with Gasteiger partial charge in [0.05, 0.1) is 18.2 Å². The average molecular weight is 245 g/mol. The number of anilines is 1. The number of H-pyrrole nitrogens is 1. The second-order valence-electron chi connectivity index (χ2n) is 3.67. The van der Waals surface area contributed by atoms with Gasteiger partial charge in [-0.1, -0.05) is 18.2 Å². The fourth-order valence-electron chi connectivity index (χ4n) is 1.53. The van der Waals surface area contributed by atoms with Gasteiger partial charge in [0.2, 0.25) is 0 Å². The number of carbonyl (C=O) groups excluding carboxylic acids is 1. The van der Waals surface area contributed by atoms with E-state index in [-0.39, 0.29) is 12.3 Å². The Bertz CT molecular complexity index is 564. The summed E-state index contributed by atoms with van der Waals surface area (Å²) in [5, 5.41) is 17.7. The van der Waals surface area contributed by atoms with Crippen LogP contribution in [-0.2, 0) is 11.2 Å². The lowest BCUT2D eigenvalue weighted by molar-refractivity contribution is -0.136. The van der Waals surface area contributed by atoms with Gasteiger partial charge in [0.1, 0.15) is 0 Å². The quantitative estimate of drug-likeness (QED) is 0.756. The number of benzene rings is 1. The maximum absolute atomic E-state index is 11.8. The van der Waals surface area contributed by atoms with Gasteiger partial charge in [-0.25, -0.2) is 0 Å². The summed E-state index contributed by atoms with van der Waals surface area (Å²) in [6, 6.07) is 6.79. The molecule has 1 aromatic heterocycles. The molecule has 1 heterocycles. The van der Waals surface area contributed by atoms with E-state index in [2.05, 4.69) is 15.5 Å². The molecule has 0 atom stereocenters. The van der Waals surface area contributed by atoms with Crippen molar-refractivity contribution in [1.82, 2.24) is 10.2 Å². The molecule has 0 aliphatic heterocycles. The van der Waals surface area contributed by atoms with Gasteiger partial charge in [-0.05, 0) is 11.6 Å². The number of amides is 1. The number of carboxylic acids is 1. The van der Waals surface area contributed by atoms with Gasteiger partial charge in [0, 0.05) is 11.9 Å². The molecule has 0 spiro atoms. The number of aromatic amines is 1. The van der Waals surface area contributed by atoms with Crippen molar-refractivity contribution < 1.29 is 14.7 Å². The van der Waals surface area contributed by atoms with Crippen LogP contribution in [0.25, 0.3) is 0 Å². The Kier molecular flexibility index (Phi) is 3.38. The molecule has 1 amide bonds. The molecule has 6 nitrogen and oxygen atoms in total. The van der Waals surface area contributed by atoms with Crippen LogP contribution in [-0.4, -0.2) is 27.2 Å². The van der Waals surface area contributed by atoms with Crippen LogP contribution in [0, 0.1) is 0 Å². The van der Waals surface area contributed by atoms with E-state index in [1.165, 1.54) is 12.4 Å². The smallest absolute Gasteiger partial charge is 0.307 e. The highest BCUT2D eigenvalue weighted by molar-refractivity contribution is 6.04. The van der Waals surface area contributed by atoms with Crippen LogP contribution in [0.2, 0.25) is 0 Å². The maximum atomic E-state index is 11.8. The monoisotopic (exact) mass is 245 g/mol. The normalized spacial score (nSPS) is 10.0. The molecule has 0 bridgehead atoms. The number of aromatic nitrogens is 2. The summed E-state index contributed by atoms with van der Waals surface area (Å²) in [4.78, 5) is 22.5. The number of nitrogens with zero attached hydrogens (tertiary/aromatic N) is 1. The molecule has 6 heteroatoms. The Morgan fingerprint density at radius 1 is 1.33 bits per heavy atom. The van der Waals surface area contributed by atoms with Crippen molar-refractivity contribution in [2.45, 2.75) is 6.42 Å². The predicted octanol–water partition coefficient (Wildman–Crippen LogP) is 1.29. The lowest BCUT2D eigenvalue weighted by Gasteiger charge is -2.08. The van der Waals surface area contributed by atoms with E-state index in [0.29, 0.717) is 16.8 Å². The summed E-state index contributed by atoms with van der Waals surface area (Å²) in [6.07, 6.45) is 2.73. The summed E-state index contributed by atoms with van der Waals surface area (Å²) < 4.78 is 0. The molecule has 0 fully saturated rings. The number of nitrogens with one attached hydrogen (secondary N) is 2. The first-order chi connectivity index (χ1) is 8.66. The van der Waals surface area contributed by atoms with Gasteiger partial charge >= 0.3 is 5.97 Å². The average Bonchev–Trinajstić information content (AvgIpc) is 2.84. The lowest BCUT2D eigenvalue weighted by atomic mass is 10.1. The zero-order valence-electron chi connectivity index (χ0n) is 9.38. The molecule has 0 saturated heterocycles. The Labute approximate surface area is 103 Å². The van der Waals surface area contributed by atoms with E-state index in [4.69, 9.17) is 5.11 Å². The van der Waals surface area contributed by atoms with Crippen LogP contribution in [0.5, 0.6) is 0 Å². The van der Waals surface area contributed by atoms with Crippen molar-refractivity contribution in [1.29, 1.82) is 0 Å². The molecular formula is C12H11N3O3. The molecule has 92 valence electrons. The van der Waals surface area contributed by atoms with Crippen molar-refractivity contribution in [3.8, 4) is 0 Å². The summed E-state index contributed by atoms with van der Waals surface area (Å²) in [5.41, 5.74) is 1.44. The highest BCUT2D eigenvalue weighted by Crippen LogP contribution is 2.16. The first kappa shape index (κ1) is 11.8. The van der Waals surface area contributed by atoms with Gasteiger partial charge in [0.15, 0.2) is 0 Å². The molecule has 2 aromatic rings. The molecular weight excluding hydrogens is 234 g/mol. The van der Waals surface area contributed by atoms with Crippen LogP contribution in [0.3, 0.4) is 0 Å². The molecule has 0 unspecified atom stereocenters. The summed E-state index contributed by atoms with van der Waals surface area (Å²) >= 11 is 0. The number of rotatable bonds is 4. The van der Waals surface area contributed by atoms with E-state index in [1.807, 2.05) is 0 Å². The van der Waals surface area contributed by atoms with E-state index in [0.717, 1.165) is 0 Å². The number of hydrogen-bond acceptors (Lipinski definition) is 3. The van der Waals surface area contributed by atoms with E-state index >= 15 is 0 Å². The van der Waals surface area contributed by atoms with E-state index < -0.39 is 5.97 Å². The first-order valence-corrected chi connectivity index (χ1v) is 5.26. The minimum atomic E-state index is -0.944. The van der Waals surface area contributed by atoms with Gasteiger partial charge in [-0.3, -0.25) is 14.7 Å². The Hall–Kier alpha value is -2.63. The molecule has 18 heavy (non-hydrogen) atoms. The van der Waals surface area contributed by atoms with Crippen LogP contribution < -0.4 is 5.32 Å². The molecule has 2 rings (SSSR count). The second kappa shape index (κ2) is 5.13. The third-order valence-electron chi connectivity index (χ3n) is 2.37. The molecule has 0 aliphatic rings. The standard InChI is InChI=1S/C12H11N3O3/c16-11(17)5-8-3-1-2-4-10(8)15-12(18)9-6-13-14-7-9/h1-4,6-7H,5H2,(H,13,14)(H,15,18)(H,16,17). The molecule has 0 radical (unpaired) electrons. The van der Waals surface area contributed by atoms with Crippen molar-refractivity contribution in [3.63, 3.8) is 0 Å². The highest BCUT2D eigenvalue weighted by atomic mass is 16.4. The largest absolute Gasteiger partial charge is 0.481 e. The van der Waals surface area contributed by atoms with Crippen molar-refractivity contribution in [2.24, 2.45) is 0 Å². The number of carbonyl (C=O) groups is 2. The predicted molar refractivity (Wildman–Crippen MR) is 64.3 cm³/mol. The SMILES string of the molecule is O=C(O)Cc1ccccc1NC(=O)c1cn[nH]c1. The van der Waals surface area contributed by atoms with Crippen molar-refractivity contribution in [3.05, 3.63) is 47.8 Å². The molecule has 0 aliphatic carbocycles. The zero-order chi connectivity index (χ0) is 13.0. The Morgan fingerprint density at radius 3 is 2.78 bits per heavy atom. The lowest BCUT2D eigenvalue weighted by Crippen LogP contribution is -2.13. The van der Waals surface area contributed by atoms with Gasteiger partial charge in [-0.15, -0.1) is 0 Å². The fraction of sp³-hybridized carbons (Fsp3) is 0.0833. The topological polar surface area (TPSA) is 95.1 Å². The Balaban J connectivity index is 2.18. The third-order valence-corrected chi connectivity index (χ3v) is 2.37. The highest BCUT2D eigenvalue weighted by Gasteiger charge is 2.11. The number of aliphatic carboxylic acids is 1. The van der Waals surface area contributed by atoms with Gasteiger partial charge < -0.3 is 10.4 Å². The number of hydrogen-bond donors (Lipinski definition) is 3. The second-order valence-corrected chi connectivity index (χ2v) is 3.67. The van der Waals surface area contributed by atoms with Crippen LogP contribution in [0.4, 0.5) is 5.69 Å².